The van der Waals surface area contributed by atoms with Crippen LogP contribution in [-0.2, 0) is 16.0 Å². The lowest BCUT2D eigenvalue weighted by molar-refractivity contribution is -0.479. The number of benzene rings is 1. The van der Waals surface area contributed by atoms with Gasteiger partial charge in [-0.1, -0.05) is 6.07 Å². The van der Waals surface area contributed by atoms with Crippen LogP contribution in [0.4, 0.5) is 5.69 Å². The fourth-order valence-electron chi connectivity index (χ4n) is 1.57. The number of carbonyl (C=O) groups excluding carboxylic acids is 1. The number of nitrogens with zero attached hydrogens (tertiary/aromatic N) is 1. The number of methoxy groups -OCH3 is 1. The topological polar surface area (TPSA) is 119 Å². The van der Waals surface area contributed by atoms with E-state index < -0.39 is 16.8 Å². The fraction of sp³-hybridized carbons (Fsp3) is 0.333. The summed E-state index contributed by atoms with van der Waals surface area (Å²) in [7, 11) is 1.35. The summed E-state index contributed by atoms with van der Waals surface area (Å²) in [5.74, 6) is -1.61. The predicted octanol–water partition coefficient (Wildman–Crippen LogP) is 0.789. The van der Waals surface area contributed by atoms with E-state index in [1.54, 1.807) is 0 Å². The Labute approximate surface area is 114 Å². The lowest BCUT2D eigenvalue weighted by Crippen LogP contribution is -2.19. The second-order valence-electron chi connectivity index (χ2n) is 3.96. The van der Waals surface area contributed by atoms with Crippen LogP contribution < -0.4 is 5.32 Å². The van der Waals surface area contributed by atoms with Crippen molar-refractivity contribution in [3.05, 3.63) is 39.4 Å². The smallest absolute Gasteiger partial charge is 0.335 e. The molecule has 0 saturated heterocycles. The Kier molecular flexibility index (Phi) is 5.60. The average molecular weight is 282 g/mol. The van der Waals surface area contributed by atoms with Crippen molar-refractivity contribution in [1.82, 2.24) is 0 Å². The maximum atomic E-state index is 11.5. The van der Waals surface area contributed by atoms with Crippen LogP contribution >= 0.6 is 0 Å². The number of carboxylic acids is 1. The number of amides is 1. The molecule has 8 heteroatoms. The molecule has 1 rings (SSSR count). The zero-order chi connectivity index (χ0) is 15.1. The molecule has 1 aromatic carbocycles. The molecule has 2 N–H and O–H groups in total. The van der Waals surface area contributed by atoms with Crippen molar-refractivity contribution >= 4 is 17.6 Å². The Bertz CT molecular complexity index is 529. The molecule has 0 atom stereocenters. The first kappa shape index (κ1) is 15.6. The van der Waals surface area contributed by atoms with Crippen LogP contribution in [0.3, 0.4) is 0 Å². The van der Waals surface area contributed by atoms with Crippen LogP contribution in [-0.4, -0.2) is 42.2 Å². The minimum atomic E-state index is -1.15. The Balaban J connectivity index is 2.99. The van der Waals surface area contributed by atoms with Crippen molar-refractivity contribution in [1.29, 1.82) is 0 Å². The van der Waals surface area contributed by atoms with Crippen molar-refractivity contribution in [3.8, 4) is 0 Å². The maximum absolute atomic E-state index is 11.5. The number of nitrogens with one attached hydrogen (secondary N) is 1. The number of rotatable bonds is 7. The van der Waals surface area contributed by atoms with Gasteiger partial charge in [0.25, 0.3) is 0 Å². The molecular weight excluding hydrogens is 268 g/mol. The summed E-state index contributed by atoms with van der Waals surface area (Å²) in [6, 6.07) is 4.06. The van der Waals surface area contributed by atoms with E-state index in [4.69, 9.17) is 5.11 Å². The first-order chi connectivity index (χ1) is 9.43. The van der Waals surface area contributed by atoms with Crippen molar-refractivity contribution in [2.45, 2.75) is 6.42 Å². The molecule has 0 fully saturated rings. The molecule has 0 spiro atoms. The zero-order valence-electron chi connectivity index (χ0n) is 10.8. The van der Waals surface area contributed by atoms with E-state index in [2.05, 4.69) is 10.1 Å². The molecule has 1 amide bonds. The number of carboxylic acid groups (broad SMARTS) is 1. The van der Waals surface area contributed by atoms with Crippen LogP contribution in [0.15, 0.2) is 18.2 Å². The van der Waals surface area contributed by atoms with Gasteiger partial charge in [0.15, 0.2) is 0 Å². The molecule has 0 aliphatic rings. The normalized spacial score (nSPS) is 10.1. The largest absolute Gasteiger partial charge is 0.478 e. The van der Waals surface area contributed by atoms with Gasteiger partial charge in [-0.3, -0.25) is 14.9 Å². The number of anilines is 1. The van der Waals surface area contributed by atoms with Gasteiger partial charge in [-0.2, -0.15) is 0 Å². The number of nitro groups is 1. The number of hydrogen-bond donors (Lipinski definition) is 2. The highest BCUT2D eigenvalue weighted by Gasteiger charge is 2.12. The monoisotopic (exact) mass is 282 g/mol. The summed E-state index contributed by atoms with van der Waals surface area (Å²) in [6.45, 7) is -0.495. The highest BCUT2D eigenvalue weighted by Crippen LogP contribution is 2.19. The molecule has 20 heavy (non-hydrogen) atoms. The van der Waals surface area contributed by atoms with Gasteiger partial charge < -0.3 is 15.2 Å². The van der Waals surface area contributed by atoms with Gasteiger partial charge in [0.05, 0.1) is 5.56 Å². The summed E-state index contributed by atoms with van der Waals surface area (Å²) in [5.41, 5.74) is 0.729. The second kappa shape index (κ2) is 7.19. The van der Waals surface area contributed by atoms with E-state index >= 15 is 0 Å². The van der Waals surface area contributed by atoms with Gasteiger partial charge in [-0.15, -0.1) is 0 Å². The van der Waals surface area contributed by atoms with Gasteiger partial charge in [-0.05, 0) is 17.7 Å². The third-order valence-electron chi connectivity index (χ3n) is 2.47. The van der Waals surface area contributed by atoms with Gasteiger partial charge in [0.2, 0.25) is 12.5 Å². The molecule has 108 valence electrons. The molecule has 0 aliphatic carbocycles. The first-order valence-corrected chi connectivity index (χ1v) is 5.71. The molecule has 0 aliphatic heterocycles. The Hall–Kier alpha value is -2.48. The Morgan fingerprint density at radius 1 is 1.45 bits per heavy atom. The molecule has 0 saturated carbocycles. The van der Waals surface area contributed by atoms with Crippen LogP contribution in [0, 0.1) is 10.1 Å². The number of aromatic carboxylic acids is 1. The minimum absolute atomic E-state index is 0.0115. The van der Waals surface area contributed by atoms with Crippen molar-refractivity contribution < 1.29 is 24.4 Å². The van der Waals surface area contributed by atoms with Crippen molar-refractivity contribution in [2.24, 2.45) is 0 Å². The molecule has 0 radical (unpaired) electrons. The molecule has 0 heterocycles. The highest BCUT2D eigenvalue weighted by atomic mass is 16.6. The second-order valence-corrected chi connectivity index (χ2v) is 3.96. The average Bonchev–Trinajstić information content (AvgIpc) is 2.37. The third kappa shape index (κ3) is 4.65. The summed E-state index contributed by atoms with van der Waals surface area (Å²) in [5, 5.41) is 21.8. The standard InChI is InChI=1S/C12H14N2O6/c1-20-7-11(15)13-10-6-9(12(16)17)3-2-8(10)4-5-14(18)19/h2-3,6H,4-5,7H2,1H3,(H,13,15)(H,16,17). The van der Waals surface area contributed by atoms with Gasteiger partial charge >= 0.3 is 5.97 Å². The minimum Gasteiger partial charge on any atom is -0.478 e. The SMILES string of the molecule is COCC(=O)Nc1cc(C(=O)O)ccc1CC[N+](=O)[O-]. The van der Waals surface area contributed by atoms with E-state index in [-0.39, 0.29) is 30.8 Å². The third-order valence-corrected chi connectivity index (χ3v) is 2.47. The van der Waals surface area contributed by atoms with E-state index in [9.17, 15) is 19.7 Å². The molecule has 0 aromatic heterocycles. The Morgan fingerprint density at radius 3 is 2.70 bits per heavy atom. The highest BCUT2D eigenvalue weighted by molar-refractivity contribution is 5.95. The number of carbonyl (C=O) groups is 2. The van der Waals surface area contributed by atoms with Crippen LogP contribution in [0.1, 0.15) is 15.9 Å². The predicted molar refractivity (Wildman–Crippen MR) is 69.5 cm³/mol. The summed E-state index contributed by atoms with van der Waals surface area (Å²) >= 11 is 0. The van der Waals surface area contributed by atoms with E-state index in [0.29, 0.717) is 5.56 Å². The maximum Gasteiger partial charge on any atom is 0.335 e. The van der Waals surface area contributed by atoms with Gasteiger partial charge in [-0.25, -0.2) is 4.79 Å². The van der Waals surface area contributed by atoms with Crippen LogP contribution in [0.2, 0.25) is 0 Å². The molecule has 8 nitrogen and oxygen atoms in total. The molecule has 0 bridgehead atoms. The van der Waals surface area contributed by atoms with Crippen molar-refractivity contribution in [2.75, 3.05) is 25.6 Å². The first-order valence-electron chi connectivity index (χ1n) is 5.71. The summed E-state index contributed by atoms with van der Waals surface area (Å²) in [6.07, 6.45) is 0.0928. The Morgan fingerprint density at radius 2 is 2.15 bits per heavy atom. The van der Waals surface area contributed by atoms with E-state index in [1.165, 1.54) is 25.3 Å². The molecular formula is C12H14N2O6. The van der Waals surface area contributed by atoms with E-state index in [0.717, 1.165) is 0 Å². The summed E-state index contributed by atoms with van der Waals surface area (Å²) < 4.78 is 4.66. The van der Waals surface area contributed by atoms with Crippen molar-refractivity contribution in [3.63, 3.8) is 0 Å². The van der Waals surface area contributed by atoms with Crippen LogP contribution in [0.25, 0.3) is 0 Å². The fourth-order valence-corrected chi connectivity index (χ4v) is 1.57. The quantitative estimate of drug-likeness (QED) is 0.563. The number of ether oxygens (including phenoxy) is 1. The van der Waals surface area contributed by atoms with Crippen LogP contribution in [0.5, 0.6) is 0 Å². The lowest BCUT2D eigenvalue weighted by atomic mass is 10.1. The summed E-state index contributed by atoms with van der Waals surface area (Å²) in [4.78, 5) is 32.3. The van der Waals surface area contributed by atoms with E-state index in [1.807, 2.05) is 0 Å². The van der Waals surface area contributed by atoms with Gasteiger partial charge in [0.1, 0.15) is 6.61 Å². The zero-order valence-corrected chi connectivity index (χ0v) is 10.8. The van der Waals surface area contributed by atoms with Gasteiger partial charge in [0, 0.05) is 24.1 Å². The number of hydrogen-bond acceptors (Lipinski definition) is 5. The molecule has 0 unspecified atom stereocenters. The molecule has 1 aromatic rings. The lowest BCUT2D eigenvalue weighted by Gasteiger charge is -2.10.